The van der Waals surface area contributed by atoms with E-state index in [1.807, 2.05) is 4.90 Å². The molecule has 0 bridgehead atoms. The number of aromatic nitrogens is 2. The highest BCUT2D eigenvalue weighted by Crippen LogP contribution is 2.49. The molecule has 1 aliphatic carbocycles. The van der Waals surface area contributed by atoms with E-state index in [2.05, 4.69) is 14.7 Å². The molecule has 1 unspecified atom stereocenters. The van der Waals surface area contributed by atoms with Gasteiger partial charge in [-0.05, 0) is 49.1 Å². The Morgan fingerprint density at radius 1 is 1.13 bits per heavy atom. The lowest BCUT2D eigenvalue weighted by molar-refractivity contribution is -0.138. The van der Waals surface area contributed by atoms with Gasteiger partial charge in [0, 0.05) is 13.1 Å². The van der Waals surface area contributed by atoms with E-state index in [1.54, 1.807) is 12.1 Å². The summed E-state index contributed by atoms with van der Waals surface area (Å²) in [6, 6.07) is 5.77. The zero-order valence-corrected chi connectivity index (χ0v) is 16.5. The van der Waals surface area contributed by atoms with Crippen molar-refractivity contribution in [1.29, 1.82) is 0 Å². The predicted molar refractivity (Wildman–Crippen MR) is 101 cm³/mol. The molecule has 1 saturated carbocycles. The minimum absolute atomic E-state index is 0.0504. The maximum Gasteiger partial charge on any atom is 0.416 e. The molecule has 1 saturated heterocycles. The molecule has 0 N–H and O–H groups in total. The Hall–Kier alpha value is -2.71. The molecule has 0 radical (unpaired) electrons. The first kappa shape index (κ1) is 20.6. The van der Waals surface area contributed by atoms with Gasteiger partial charge in [0.15, 0.2) is 11.5 Å². The third-order valence-corrected chi connectivity index (χ3v) is 6.12. The molecule has 2 aliphatic rings. The molecule has 160 valence electrons. The van der Waals surface area contributed by atoms with Gasteiger partial charge < -0.3 is 9.64 Å². The zero-order valence-electron chi connectivity index (χ0n) is 16.5. The second-order valence-electron chi connectivity index (χ2n) is 7.94. The summed E-state index contributed by atoms with van der Waals surface area (Å²) in [5.41, 5.74) is -0.566. The summed E-state index contributed by atoms with van der Waals surface area (Å²) < 4.78 is 58.9. The van der Waals surface area contributed by atoms with Crippen molar-refractivity contribution in [2.75, 3.05) is 25.1 Å². The summed E-state index contributed by atoms with van der Waals surface area (Å²) in [4.78, 5) is 21.9. The van der Waals surface area contributed by atoms with E-state index in [1.165, 1.54) is 13.0 Å². The average molecular weight is 423 g/mol. The van der Waals surface area contributed by atoms with Crippen molar-refractivity contribution in [2.24, 2.45) is 11.8 Å². The van der Waals surface area contributed by atoms with Crippen LogP contribution in [-0.2, 0) is 10.9 Å². The van der Waals surface area contributed by atoms with Crippen LogP contribution in [0.15, 0.2) is 24.3 Å². The quantitative estimate of drug-likeness (QED) is 0.543. The van der Waals surface area contributed by atoms with Gasteiger partial charge in [-0.25, -0.2) is 19.2 Å². The van der Waals surface area contributed by atoms with Crippen LogP contribution in [0.5, 0.6) is 0 Å². The molecule has 2 aromatic rings. The number of alkyl halides is 3. The van der Waals surface area contributed by atoms with Crippen molar-refractivity contribution < 1.29 is 27.1 Å². The molecule has 1 aromatic heterocycles. The number of carbonyl (C=O) groups is 1. The van der Waals surface area contributed by atoms with E-state index in [4.69, 9.17) is 0 Å². The number of rotatable bonds is 3. The number of hydrogen-bond acceptors (Lipinski definition) is 5. The molecule has 2 fully saturated rings. The van der Waals surface area contributed by atoms with Crippen LogP contribution in [0.3, 0.4) is 0 Å². The molecule has 1 aliphatic heterocycles. The summed E-state index contributed by atoms with van der Waals surface area (Å²) in [5.74, 6) is -1.22. The lowest BCUT2D eigenvalue weighted by Crippen LogP contribution is -2.26. The Bertz CT molecular complexity index is 965. The number of fused-ring (bicyclic) bond motifs is 1. The fourth-order valence-electron chi connectivity index (χ4n) is 4.75. The Labute approximate surface area is 171 Å². The Balaban J connectivity index is 1.53. The van der Waals surface area contributed by atoms with E-state index in [-0.39, 0.29) is 29.4 Å². The first-order valence-corrected chi connectivity index (χ1v) is 9.72. The maximum atomic E-state index is 14.2. The predicted octanol–water partition coefficient (Wildman–Crippen LogP) is 4.36. The van der Waals surface area contributed by atoms with Crippen molar-refractivity contribution in [2.45, 2.75) is 31.9 Å². The summed E-state index contributed by atoms with van der Waals surface area (Å²) in [6.07, 6.45) is -3.10. The average Bonchev–Trinajstić information content (AvgIpc) is 3.28. The minimum Gasteiger partial charge on any atom is -0.464 e. The number of halogens is 4. The summed E-state index contributed by atoms with van der Waals surface area (Å²) >= 11 is 0. The van der Waals surface area contributed by atoms with Gasteiger partial charge in [0.05, 0.1) is 18.4 Å². The lowest BCUT2D eigenvalue weighted by Gasteiger charge is -2.22. The molecule has 3 atom stereocenters. The molecule has 0 amide bonds. The van der Waals surface area contributed by atoms with E-state index in [0.717, 1.165) is 13.2 Å². The number of benzene rings is 1. The van der Waals surface area contributed by atoms with Gasteiger partial charge in [0.2, 0.25) is 5.95 Å². The van der Waals surface area contributed by atoms with E-state index < -0.39 is 29.2 Å². The van der Waals surface area contributed by atoms with Crippen LogP contribution in [-0.4, -0.2) is 36.1 Å². The summed E-state index contributed by atoms with van der Waals surface area (Å²) in [5, 5.41) is 0. The fourth-order valence-corrected chi connectivity index (χ4v) is 4.75. The van der Waals surface area contributed by atoms with Crippen molar-refractivity contribution >= 4 is 11.9 Å². The third kappa shape index (κ3) is 3.61. The standard InChI is InChI=1S/C21H21F4N3O2/c1-11-17(22)18(19(29)30-2)27-20(26-11)28-9-13-7-12(8-14(13)10-28)15-5-3-4-6-16(15)21(23,24)25/h3-6,12-14H,7-10H2,1-2H3/t12?,13-,14+. The Kier molecular flexibility index (Phi) is 5.15. The van der Waals surface area contributed by atoms with Crippen molar-refractivity contribution in [3.8, 4) is 0 Å². The molecule has 1 aromatic carbocycles. The monoisotopic (exact) mass is 423 g/mol. The molecule has 30 heavy (non-hydrogen) atoms. The number of hydrogen-bond donors (Lipinski definition) is 0. The number of aryl methyl sites for hydroxylation is 1. The summed E-state index contributed by atoms with van der Waals surface area (Å²) in [6.45, 7) is 2.57. The molecule has 5 nitrogen and oxygen atoms in total. The summed E-state index contributed by atoms with van der Waals surface area (Å²) in [7, 11) is 1.15. The van der Waals surface area contributed by atoms with Crippen molar-refractivity contribution in [3.63, 3.8) is 0 Å². The van der Waals surface area contributed by atoms with Crippen LogP contribution in [0.1, 0.15) is 46.1 Å². The van der Waals surface area contributed by atoms with Crippen LogP contribution in [0.2, 0.25) is 0 Å². The molecular formula is C21H21F4N3O2. The topological polar surface area (TPSA) is 55.3 Å². The maximum absolute atomic E-state index is 14.2. The van der Waals surface area contributed by atoms with E-state index >= 15 is 0 Å². The Morgan fingerprint density at radius 2 is 1.77 bits per heavy atom. The van der Waals surface area contributed by atoms with Crippen LogP contribution in [0.4, 0.5) is 23.5 Å². The van der Waals surface area contributed by atoms with Gasteiger partial charge in [0.1, 0.15) is 0 Å². The third-order valence-electron chi connectivity index (χ3n) is 6.12. The number of esters is 1. The number of anilines is 1. The zero-order chi connectivity index (χ0) is 21.6. The van der Waals surface area contributed by atoms with E-state index in [9.17, 15) is 22.4 Å². The second kappa shape index (κ2) is 7.52. The van der Waals surface area contributed by atoms with Crippen LogP contribution < -0.4 is 4.90 Å². The van der Waals surface area contributed by atoms with Crippen LogP contribution >= 0.6 is 0 Å². The number of methoxy groups -OCH3 is 1. The number of carbonyl (C=O) groups excluding carboxylic acids is 1. The SMILES string of the molecule is COC(=O)c1nc(N2C[C@H]3CC(c4ccccc4C(F)(F)F)C[C@H]3C2)nc(C)c1F. The first-order chi connectivity index (χ1) is 14.2. The van der Waals surface area contributed by atoms with Crippen LogP contribution in [0, 0.1) is 24.6 Å². The lowest BCUT2D eigenvalue weighted by atomic mass is 9.91. The van der Waals surface area contributed by atoms with Gasteiger partial charge in [-0.2, -0.15) is 13.2 Å². The minimum atomic E-state index is -4.37. The molecule has 2 heterocycles. The van der Waals surface area contributed by atoms with Gasteiger partial charge in [0.25, 0.3) is 0 Å². The number of ether oxygens (including phenoxy) is 1. The highest BCUT2D eigenvalue weighted by atomic mass is 19.4. The highest BCUT2D eigenvalue weighted by molar-refractivity contribution is 5.87. The van der Waals surface area contributed by atoms with E-state index in [0.29, 0.717) is 31.5 Å². The van der Waals surface area contributed by atoms with Gasteiger partial charge in [-0.3, -0.25) is 0 Å². The second-order valence-corrected chi connectivity index (χ2v) is 7.94. The molecule has 4 rings (SSSR count). The van der Waals surface area contributed by atoms with Crippen molar-refractivity contribution in [1.82, 2.24) is 9.97 Å². The highest BCUT2D eigenvalue weighted by Gasteiger charge is 2.44. The van der Waals surface area contributed by atoms with Gasteiger partial charge in [-0.15, -0.1) is 0 Å². The first-order valence-electron chi connectivity index (χ1n) is 9.72. The van der Waals surface area contributed by atoms with Gasteiger partial charge in [-0.1, -0.05) is 18.2 Å². The molecule has 0 spiro atoms. The van der Waals surface area contributed by atoms with Crippen molar-refractivity contribution in [3.05, 3.63) is 52.6 Å². The Morgan fingerprint density at radius 3 is 2.37 bits per heavy atom. The number of nitrogens with zero attached hydrogens (tertiary/aromatic N) is 3. The molecular weight excluding hydrogens is 402 g/mol. The normalized spacial score (nSPS) is 23.5. The van der Waals surface area contributed by atoms with Crippen LogP contribution in [0.25, 0.3) is 0 Å². The largest absolute Gasteiger partial charge is 0.464 e. The molecule has 9 heteroatoms. The fraction of sp³-hybridized carbons (Fsp3) is 0.476. The smallest absolute Gasteiger partial charge is 0.416 e. The van der Waals surface area contributed by atoms with Gasteiger partial charge >= 0.3 is 12.1 Å².